The smallest absolute Gasteiger partial charge is 0.240 e. The lowest BCUT2D eigenvalue weighted by molar-refractivity contribution is -0.122. The third-order valence-electron chi connectivity index (χ3n) is 3.84. The Bertz CT molecular complexity index is 708. The zero-order valence-electron chi connectivity index (χ0n) is 13.3. The highest BCUT2D eigenvalue weighted by Crippen LogP contribution is 2.30. The maximum absolute atomic E-state index is 12.2. The number of benzene rings is 1. The van der Waals surface area contributed by atoms with Crippen molar-refractivity contribution in [3.63, 3.8) is 0 Å². The number of hydrogen-bond acceptors (Lipinski definition) is 5. The molecule has 0 aromatic heterocycles. The number of thioether (sulfide) groups is 1. The van der Waals surface area contributed by atoms with Crippen molar-refractivity contribution in [2.45, 2.75) is 30.6 Å². The second-order valence-electron chi connectivity index (χ2n) is 5.73. The summed E-state index contributed by atoms with van der Waals surface area (Å²) in [4.78, 5) is 28.6. The number of amides is 2. The first-order chi connectivity index (χ1) is 12.0. The molecule has 1 aromatic carbocycles. The minimum Gasteiger partial charge on any atom is -0.376 e. The molecule has 0 aliphatic carbocycles. The van der Waals surface area contributed by atoms with Crippen molar-refractivity contribution in [3.8, 4) is 0 Å². The van der Waals surface area contributed by atoms with Gasteiger partial charge in [0.15, 0.2) is 5.17 Å². The predicted octanol–water partition coefficient (Wildman–Crippen LogP) is 3.09. The highest BCUT2D eigenvalue weighted by molar-refractivity contribution is 8.15. The third-order valence-corrected chi connectivity index (χ3v) is 5.77. The number of ether oxygens (including phenoxy) is 1. The Balaban J connectivity index is 1.53. The van der Waals surface area contributed by atoms with Gasteiger partial charge in [-0.3, -0.25) is 14.6 Å². The fourth-order valence-electron chi connectivity index (χ4n) is 2.56. The maximum atomic E-state index is 12.2. The molecule has 2 fully saturated rings. The molecule has 9 heteroatoms. The van der Waals surface area contributed by atoms with Gasteiger partial charge >= 0.3 is 0 Å². The van der Waals surface area contributed by atoms with Crippen molar-refractivity contribution in [2.75, 3.05) is 18.5 Å². The van der Waals surface area contributed by atoms with Crippen LogP contribution in [0, 0.1) is 0 Å². The molecule has 2 amide bonds. The molecule has 2 N–H and O–H groups in total. The first-order valence-electron chi connectivity index (χ1n) is 7.90. The first kappa shape index (κ1) is 18.5. The summed E-state index contributed by atoms with van der Waals surface area (Å²) in [6.07, 6.45) is 2.18. The van der Waals surface area contributed by atoms with Crippen LogP contribution >= 0.6 is 35.0 Å². The number of hydrogen-bond donors (Lipinski definition) is 2. The van der Waals surface area contributed by atoms with E-state index in [9.17, 15) is 9.59 Å². The van der Waals surface area contributed by atoms with Gasteiger partial charge in [0.1, 0.15) is 5.25 Å². The van der Waals surface area contributed by atoms with E-state index in [1.807, 2.05) is 0 Å². The minimum absolute atomic E-state index is 0.0261. The lowest BCUT2D eigenvalue weighted by Crippen LogP contribution is -2.28. The molecule has 134 valence electrons. The van der Waals surface area contributed by atoms with E-state index in [1.54, 1.807) is 18.2 Å². The predicted molar refractivity (Wildman–Crippen MR) is 101 cm³/mol. The number of aliphatic imine (C=N–C) groups is 1. The van der Waals surface area contributed by atoms with E-state index in [4.69, 9.17) is 27.9 Å². The molecule has 0 saturated carbocycles. The van der Waals surface area contributed by atoms with Crippen molar-refractivity contribution in [1.82, 2.24) is 5.32 Å². The summed E-state index contributed by atoms with van der Waals surface area (Å²) in [6, 6.07) is 4.98. The number of carbonyl (C=O) groups excluding carboxylic acids is 2. The van der Waals surface area contributed by atoms with Crippen LogP contribution in [0.1, 0.15) is 19.3 Å². The minimum atomic E-state index is -0.513. The summed E-state index contributed by atoms with van der Waals surface area (Å²) >= 11 is 13.2. The van der Waals surface area contributed by atoms with Crippen LogP contribution in [-0.4, -0.2) is 41.5 Å². The number of anilines is 1. The molecule has 2 aliphatic heterocycles. The van der Waals surface area contributed by atoms with Crippen LogP contribution < -0.4 is 10.6 Å². The molecule has 0 bridgehead atoms. The molecule has 0 unspecified atom stereocenters. The van der Waals surface area contributed by atoms with Crippen LogP contribution in [-0.2, 0) is 14.3 Å². The van der Waals surface area contributed by atoms with Crippen molar-refractivity contribution in [1.29, 1.82) is 0 Å². The van der Waals surface area contributed by atoms with E-state index >= 15 is 0 Å². The maximum Gasteiger partial charge on any atom is 0.240 e. The molecule has 2 heterocycles. The van der Waals surface area contributed by atoms with Crippen LogP contribution in [0.2, 0.25) is 10.0 Å². The van der Waals surface area contributed by atoms with E-state index in [2.05, 4.69) is 15.6 Å². The van der Waals surface area contributed by atoms with Gasteiger partial charge in [-0.1, -0.05) is 41.0 Å². The molecule has 25 heavy (non-hydrogen) atoms. The van der Waals surface area contributed by atoms with E-state index in [0.29, 0.717) is 22.4 Å². The highest BCUT2D eigenvalue weighted by atomic mass is 35.5. The third kappa shape index (κ3) is 4.88. The lowest BCUT2D eigenvalue weighted by Gasteiger charge is -2.09. The summed E-state index contributed by atoms with van der Waals surface area (Å²) in [5, 5.41) is 6.05. The van der Waals surface area contributed by atoms with Gasteiger partial charge in [-0.15, -0.1) is 0 Å². The number of amidine groups is 1. The van der Waals surface area contributed by atoms with Crippen molar-refractivity contribution in [3.05, 3.63) is 28.2 Å². The molecule has 6 nitrogen and oxygen atoms in total. The Hall–Kier alpha value is -1.28. The molecule has 1 aromatic rings. The molecule has 2 aliphatic rings. The van der Waals surface area contributed by atoms with Crippen LogP contribution in [0.3, 0.4) is 0 Å². The topological polar surface area (TPSA) is 79.8 Å². The van der Waals surface area contributed by atoms with Crippen molar-refractivity contribution >= 4 is 57.6 Å². The van der Waals surface area contributed by atoms with Crippen LogP contribution in [0.25, 0.3) is 0 Å². The number of nitrogens with one attached hydrogen (secondary N) is 2. The standard InChI is InChI=1S/C16H17Cl2N3O3S/c17-10-4-1-5-11(14(10)18)20-13(22)7-12-15(23)21-16(25-12)19-8-9-3-2-6-24-9/h1,4-5,9,12H,2-3,6-8H2,(H,20,22)(H,19,21,23)/t9-,12+/m0/s1. The van der Waals surface area contributed by atoms with Crippen molar-refractivity contribution in [2.24, 2.45) is 4.99 Å². The Kier molecular flexibility index (Phi) is 6.22. The summed E-state index contributed by atoms with van der Waals surface area (Å²) in [5.41, 5.74) is 0.426. The Labute approximate surface area is 159 Å². The number of halogens is 2. The average Bonchev–Trinajstić information content (AvgIpc) is 3.20. The second-order valence-corrected chi connectivity index (χ2v) is 7.71. The zero-order chi connectivity index (χ0) is 17.8. The first-order valence-corrected chi connectivity index (χ1v) is 9.54. The molecular weight excluding hydrogens is 385 g/mol. The Morgan fingerprint density at radius 2 is 2.28 bits per heavy atom. The van der Waals surface area contributed by atoms with Gasteiger partial charge in [-0.2, -0.15) is 0 Å². The quantitative estimate of drug-likeness (QED) is 0.794. The number of nitrogens with zero attached hydrogens (tertiary/aromatic N) is 1. The largest absolute Gasteiger partial charge is 0.376 e. The summed E-state index contributed by atoms with van der Waals surface area (Å²) in [5.74, 6) is -0.527. The summed E-state index contributed by atoms with van der Waals surface area (Å²) in [6.45, 7) is 1.30. The average molecular weight is 402 g/mol. The van der Waals surface area contributed by atoms with Gasteiger partial charge in [-0.05, 0) is 25.0 Å². The number of rotatable bonds is 5. The summed E-state index contributed by atoms with van der Waals surface area (Å²) in [7, 11) is 0. The van der Waals surface area contributed by atoms with E-state index in [-0.39, 0.29) is 29.4 Å². The van der Waals surface area contributed by atoms with Crippen LogP contribution in [0.5, 0.6) is 0 Å². The molecule has 2 saturated heterocycles. The van der Waals surface area contributed by atoms with Gasteiger partial charge in [-0.25, -0.2) is 0 Å². The van der Waals surface area contributed by atoms with Crippen LogP contribution in [0.4, 0.5) is 5.69 Å². The fourth-order valence-corrected chi connectivity index (χ4v) is 3.88. The Morgan fingerprint density at radius 3 is 3.04 bits per heavy atom. The van der Waals surface area contributed by atoms with E-state index in [0.717, 1.165) is 19.4 Å². The highest BCUT2D eigenvalue weighted by Gasteiger charge is 2.32. The van der Waals surface area contributed by atoms with E-state index < -0.39 is 5.25 Å². The van der Waals surface area contributed by atoms with Gasteiger partial charge in [0.2, 0.25) is 11.8 Å². The molecule has 0 radical (unpaired) electrons. The van der Waals surface area contributed by atoms with E-state index in [1.165, 1.54) is 11.8 Å². The zero-order valence-corrected chi connectivity index (χ0v) is 15.6. The van der Waals surface area contributed by atoms with Crippen LogP contribution in [0.15, 0.2) is 23.2 Å². The number of carbonyl (C=O) groups is 2. The normalized spacial score (nSPS) is 24.6. The van der Waals surface area contributed by atoms with Gasteiger partial charge in [0.05, 0.1) is 28.4 Å². The lowest BCUT2D eigenvalue weighted by atomic mass is 10.2. The second kappa shape index (κ2) is 8.40. The SMILES string of the molecule is O=C(C[C@H]1SC(=NC[C@@H]2CCCO2)NC1=O)Nc1cccc(Cl)c1Cl. The molecule has 3 rings (SSSR count). The Morgan fingerprint density at radius 1 is 1.44 bits per heavy atom. The molecular formula is C16H17Cl2N3O3S. The van der Waals surface area contributed by atoms with Crippen molar-refractivity contribution < 1.29 is 14.3 Å². The summed E-state index contributed by atoms with van der Waals surface area (Å²) < 4.78 is 5.50. The molecule has 0 spiro atoms. The fraction of sp³-hybridized carbons (Fsp3) is 0.438. The molecule has 2 atom stereocenters. The van der Waals surface area contributed by atoms with Gasteiger partial charge < -0.3 is 15.4 Å². The monoisotopic (exact) mass is 401 g/mol. The van der Waals surface area contributed by atoms with Gasteiger partial charge in [0, 0.05) is 13.0 Å². The van der Waals surface area contributed by atoms with Gasteiger partial charge in [0.25, 0.3) is 0 Å².